The summed E-state index contributed by atoms with van der Waals surface area (Å²) in [5.41, 5.74) is 1.47. The van der Waals surface area contributed by atoms with Crippen molar-refractivity contribution >= 4 is 29.5 Å². The third kappa shape index (κ3) is 6.32. The minimum Gasteiger partial charge on any atom is -0.363 e. The highest BCUT2D eigenvalue weighted by molar-refractivity contribution is 6.37. The first-order chi connectivity index (χ1) is 17.6. The maximum Gasteiger partial charge on any atom is 0.411 e. The molecule has 5 N–H and O–H groups in total. The number of halogens is 3. The number of carbonyl (C=O) groups is 5. The molecule has 1 unspecified atom stereocenters. The molecule has 10 nitrogen and oxygen atoms in total. The number of alkyl halides is 3. The minimum absolute atomic E-state index is 0.0236. The highest BCUT2D eigenvalue weighted by Gasteiger charge is 2.70. The second kappa shape index (κ2) is 9.96. The Morgan fingerprint density at radius 1 is 1.00 bits per heavy atom. The number of hydrogen-bond acceptors (Lipinski definition) is 5. The molecular weight excluding hydrogens is 519 g/mol. The predicted molar refractivity (Wildman–Crippen MR) is 135 cm³/mol. The van der Waals surface area contributed by atoms with Gasteiger partial charge in [0.1, 0.15) is 17.6 Å². The zero-order valence-electron chi connectivity index (χ0n) is 23.5. The number of nitrogens with two attached hydrogens (primary N) is 1. The van der Waals surface area contributed by atoms with Gasteiger partial charge in [0.05, 0.1) is 6.04 Å². The van der Waals surface area contributed by atoms with E-state index in [1.54, 1.807) is 20.8 Å². The number of hydrogen-bond donors (Lipinski definition) is 4. The number of rotatable bonds is 9. The van der Waals surface area contributed by atoms with Crippen LogP contribution >= 0.6 is 0 Å². The van der Waals surface area contributed by atoms with E-state index in [0.717, 1.165) is 26.7 Å². The first kappa shape index (κ1) is 30.7. The van der Waals surface area contributed by atoms with E-state index >= 15 is 0 Å². The average molecular weight is 560 g/mol. The fourth-order valence-corrected chi connectivity index (χ4v) is 5.50. The Balaban J connectivity index is 1.83. The van der Waals surface area contributed by atoms with Crippen LogP contribution in [0.25, 0.3) is 0 Å². The Morgan fingerprint density at radius 3 is 2.03 bits per heavy atom. The highest BCUT2D eigenvalue weighted by Crippen LogP contribution is 2.65. The van der Waals surface area contributed by atoms with E-state index < -0.39 is 64.8 Å². The molecule has 3 rings (SSSR count). The van der Waals surface area contributed by atoms with Crippen molar-refractivity contribution in [3.05, 3.63) is 0 Å². The monoisotopic (exact) mass is 559 g/mol. The quantitative estimate of drug-likeness (QED) is 0.318. The van der Waals surface area contributed by atoms with Gasteiger partial charge in [-0.25, -0.2) is 4.79 Å². The van der Waals surface area contributed by atoms with Gasteiger partial charge in [-0.15, -0.1) is 0 Å². The second-order valence-corrected chi connectivity index (χ2v) is 13.4. The lowest BCUT2D eigenvalue weighted by Gasteiger charge is -2.38. The molecule has 2 saturated carbocycles. The molecule has 220 valence electrons. The number of ketones is 1. The number of carbonyl (C=O) groups excluding carboxylic acids is 5. The van der Waals surface area contributed by atoms with Crippen molar-refractivity contribution < 1.29 is 37.1 Å². The zero-order chi connectivity index (χ0) is 29.9. The standard InChI is InChI=1S/C26H40F3N5O5/c1-23(2,3)18(32-22(39)33-25(6,7)26(27,28)29)21(38)34-11-13-15(24(13,4)5)16(34)20(37)31-14(10-12-8-9-12)17(35)19(30)36/h12-16,18H,8-11H2,1-7H3,(H2,30,36)(H,31,37)(H2,32,33,39)/t13-,14?,15-,16-,18+/m0/s1. The topological polar surface area (TPSA) is 151 Å². The summed E-state index contributed by atoms with van der Waals surface area (Å²) in [4.78, 5) is 65.4. The lowest BCUT2D eigenvalue weighted by molar-refractivity contribution is -0.182. The summed E-state index contributed by atoms with van der Waals surface area (Å²) in [6.07, 6.45) is -2.71. The first-order valence-electron chi connectivity index (χ1n) is 13.2. The molecule has 1 saturated heterocycles. The van der Waals surface area contributed by atoms with E-state index in [9.17, 15) is 37.1 Å². The fraction of sp³-hybridized carbons (Fsp3) is 0.808. The van der Waals surface area contributed by atoms with E-state index in [2.05, 4.69) is 10.6 Å². The van der Waals surface area contributed by atoms with Crippen LogP contribution < -0.4 is 21.7 Å². The molecule has 0 radical (unpaired) electrons. The molecular formula is C26H40F3N5O5. The summed E-state index contributed by atoms with van der Waals surface area (Å²) in [5.74, 6) is -3.35. The van der Waals surface area contributed by atoms with Crippen LogP contribution in [0.2, 0.25) is 0 Å². The number of likely N-dealkylation sites (tertiary alicyclic amines) is 1. The number of nitrogens with zero attached hydrogens (tertiary/aromatic N) is 1. The SMILES string of the molecule is CC(C)(C)[C@H](NC(=O)NC(C)(C)C(F)(F)F)C(=O)N1C[C@H]2[C@@H]([C@H]1C(=O)NC(CC1CC1)C(=O)C(N)=O)C2(C)C. The summed E-state index contributed by atoms with van der Waals surface area (Å²) in [6.45, 7) is 10.7. The molecule has 3 fully saturated rings. The zero-order valence-corrected chi connectivity index (χ0v) is 23.5. The van der Waals surface area contributed by atoms with Gasteiger partial charge in [-0.2, -0.15) is 13.2 Å². The largest absolute Gasteiger partial charge is 0.411 e. The smallest absolute Gasteiger partial charge is 0.363 e. The molecule has 0 aromatic heterocycles. The van der Waals surface area contributed by atoms with E-state index in [-0.39, 0.29) is 36.1 Å². The van der Waals surface area contributed by atoms with Crippen molar-refractivity contribution in [2.45, 2.75) is 97.6 Å². The van der Waals surface area contributed by atoms with E-state index in [4.69, 9.17) is 5.73 Å². The van der Waals surface area contributed by atoms with Crippen LogP contribution in [-0.2, 0) is 19.2 Å². The summed E-state index contributed by atoms with van der Waals surface area (Å²) >= 11 is 0. The number of amides is 5. The maximum absolute atomic E-state index is 13.8. The van der Waals surface area contributed by atoms with Crippen molar-refractivity contribution in [1.82, 2.24) is 20.9 Å². The Kier molecular flexibility index (Phi) is 7.83. The molecule has 39 heavy (non-hydrogen) atoms. The molecule has 0 aromatic carbocycles. The van der Waals surface area contributed by atoms with Gasteiger partial charge >= 0.3 is 12.2 Å². The van der Waals surface area contributed by atoms with Gasteiger partial charge in [0, 0.05) is 6.54 Å². The van der Waals surface area contributed by atoms with Crippen LogP contribution in [0.15, 0.2) is 0 Å². The summed E-state index contributed by atoms with van der Waals surface area (Å²) in [7, 11) is 0. The molecule has 5 atom stereocenters. The van der Waals surface area contributed by atoms with Crippen molar-refractivity contribution in [3.8, 4) is 0 Å². The van der Waals surface area contributed by atoms with Crippen LogP contribution in [0, 0.1) is 28.6 Å². The fourth-order valence-electron chi connectivity index (χ4n) is 5.50. The van der Waals surface area contributed by atoms with E-state index in [1.807, 2.05) is 19.2 Å². The van der Waals surface area contributed by atoms with E-state index in [0.29, 0.717) is 0 Å². The lowest BCUT2D eigenvalue weighted by Crippen LogP contribution is -2.63. The Labute approximate surface area is 226 Å². The van der Waals surface area contributed by atoms with Gasteiger partial charge in [-0.3, -0.25) is 19.2 Å². The average Bonchev–Trinajstić information content (AvgIpc) is 3.61. The Bertz CT molecular complexity index is 1050. The number of nitrogens with one attached hydrogen (secondary N) is 3. The van der Waals surface area contributed by atoms with Gasteiger partial charge in [0.2, 0.25) is 17.6 Å². The molecule has 1 aliphatic heterocycles. The number of Topliss-reactive ketones (excluding diaryl/α,β-unsaturated/α-hetero) is 1. The lowest BCUT2D eigenvalue weighted by atomic mass is 9.85. The van der Waals surface area contributed by atoms with Crippen LogP contribution in [-0.4, -0.2) is 70.8 Å². The number of fused-ring (bicyclic) bond motifs is 1. The van der Waals surface area contributed by atoms with Gasteiger partial charge < -0.3 is 26.6 Å². The number of primary amides is 1. The van der Waals surface area contributed by atoms with Gasteiger partial charge in [0.15, 0.2) is 0 Å². The van der Waals surface area contributed by atoms with E-state index in [1.165, 1.54) is 4.90 Å². The van der Waals surface area contributed by atoms with Gasteiger partial charge in [0.25, 0.3) is 5.91 Å². The van der Waals surface area contributed by atoms with Gasteiger partial charge in [-0.05, 0) is 48.9 Å². The normalized spacial score (nSPS) is 25.7. The van der Waals surface area contributed by atoms with Crippen LogP contribution in [0.4, 0.5) is 18.0 Å². The summed E-state index contributed by atoms with van der Waals surface area (Å²) in [6, 6.07) is -4.52. The van der Waals surface area contributed by atoms with Crippen molar-refractivity contribution in [3.63, 3.8) is 0 Å². The molecule has 0 spiro atoms. The van der Waals surface area contributed by atoms with Crippen molar-refractivity contribution in [2.75, 3.05) is 6.54 Å². The summed E-state index contributed by atoms with van der Waals surface area (Å²) in [5, 5.41) is 6.92. The molecule has 3 aliphatic rings. The molecule has 0 bridgehead atoms. The molecule has 5 amide bonds. The third-order valence-electron chi connectivity index (χ3n) is 8.43. The molecule has 13 heteroatoms. The summed E-state index contributed by atoms with van der Waals surface area (Å²) < 4.78 is 39.9. The van der Waals surface area contributed by atoms with Crippen molar-refractivity contribution in [2.24, 2.45) is 34.3 Å². The minimum atomic E-state index is -4.73. The van der Waals surface area contributed by atoms with Crippen LogP contribution in [0.5, 0.6) is 0 Å². The molecule has 0 aromatic rings. The Hall–Kier alpha value is -2.86. The molecule has 2 aliphatic carbocycles. The number of urea groups is 1. The van der Waals surface area contributed by atoms with Crippen molar-refractivity contribution in [1.29, 1.82) is 0 Å². The highest BCUT2D eigenvalue weighted by atomic mass is 19.4. The second-order valence-electron chi connectivity index (χ2n) is 13.4. The molecule has 1 heterocycles. The van der Waals surface area contributed by atoms with Crippen LogP contribution in [0.1, 0.15) is 67.7 Å². The maximum atomic E-state index is 13.8. The van der Waals surface area contributed by atoms with Crippen LogP contribution in [0.3, 0.4) is 0 Å². The third-order valence-corrected chi connectivity index (χ3v) is 8.43. The first-order valence-corrected chi connectivity index (χ1v) is 13.2. The predicted octanol–water partition coefficient (Wildman–Crippen LogP) is 1.86. The van der Waals surface area contributed by atoms with Gasteiger partial charge in [-0.1, -0.05) is 47.5 Å². The Morgan fingerprint density at radius 2 is 1.56 bits per heavy atom. The number of piperidine rings is 1.